The molecule has 0 aliphatic rings. The normalized spacial score (nSPS) is 14.2. The number of carbonyl (C=O) groups is 1. The largest absolute Gasteiger partial charge is 0.459 e. The van der Waals surface area contributed by atoms with E-state index in [9.17, 15) is 22.0 Å². The predicted octanol–water partition coefficient (Wildman–Crippen LogP) is 2.77. The summed E-state index contributed by atoms with van der Waals surface area (Å²) in [4.78, 5) is 11.2. The Bertz CT molecular complexity index is 731. The highest BCUT2D eigenvalue weighted by Crippen LogP contribution is 2.19. The van der Waals surface area contributed by atoms with Gasteiger partial charge in [-0.05, 0) is 53.7 Å². The molecule has 0 aromatic heterocycles. The maximum absolute atomic E-state index is 13.8. The first-order valence-electron chi connectivity index (χ1n) is 7.95. The third kappa shape index (κ3) is 6.97. The van der Waals surface area contributed by atoms with Crippen molar-refractivity contribution in [1.29, 1.82) is 0 Å². The second kappa shape index (κ2) is 7.98. The fourth-order valence-corrected chi connectivity index (χ4v) is 3.15. The molecule has 1 aromatic carbocycles. The van der Waals surface area contributed by atoms with Gasteiger partial charge in [-0.2, -0.15) is 4.72 Å². The molecule has 0 spiro atoms. The van der Waals surface area contributed by atoms with Gasteiger partial charge < -0.3 is 9.47 Å². The molecule has 1 unspecified atom stereocenters. The van der Waals surface area contributed by atoms with Gasteiger partial charge >= 0.3 is 5.97 Å². The first-order chi connectivity index (χ1) is 11.6. The Balaban J connectivity index is 3.16. The summed E-state index contributed by atoms with van der Waals surface area (Å²) < 4.78 is 65.1. The summed E-state index contributed by atoms with van der Waals surface area (Å²) in [7, 11) is -4.67. The average Bonchev–Trinajstić information content (AvgIpc) is 2.39. The molecule has 1 atom stereocenters. The van der Waals surface area contributed by atoms with Crippen molar-refractivity contribution >= 4 is 16.0 Å². The monoisotopic (exact) mass is 393 g/mol. The predicted molar refractivity (Wildman–Crippen MR) is 92.0 cm³/mol. The van der Waals surface area contributed by atoms with Crippen molar-refractivity contribution in [1.82, 2.24) is 4.72 Å². The summed E-state index contributed by atoms with van der Waals surface area (Å²) in [5, 5.41) is 0. The molecule has 1 aromatic rings. The van der Waals surface area contributed by atoms with Crippen molar-refractivity contribution in [3.05, 3.63) is 29.8 Å². The van der Waals surface area contributed by atoms with Crippen molar-refractivity contribution < 1.29 is 31.5 Å². The number of hydrogen-bond acceptors (Lipinski definition) is 5. The van der Waals surface area contributed by atoms with E-state index in [-0.39, 0.29) is 6.61 Å². The van der Waals surface area contributed by atoms with Crippen LogP contribution >= 0.6 is 0 Å². The molecule has 9 heteroatoms. The van der Waals surface area contributed by atoms with Crippen LogP contribution < -0.4 is 4.72 Å². The van der Waals surface area contributed by atoms with E-state index in [4.69, 9.17) is 9.47 Å². The van der Waals surface area contributed by atoms with E-state index in [1.54, 1.807) is 41.5 Å². The highest BCUT2D eigenvalue weighted by Gasteiger charge is 2.33. The summed E-state index contributed by atoms with van der Waals surface area (Å²) in [6.45, 7) is 9.60. The number of benzene rings is 1. The van der Waals surface area contributed by atoms with E-state index < -0.39 is 49.8 Å². The van der Waals surface area contributed by atoms with E-state index in [0.29, 0.717) is 0 Å². The minimum Gasteiger partial charge on any atom is -0.459 e. The number of carbonyl (C=O) groups excluding carboxylic acids is 1. The van der Waals surface area contributed by atoms with E-state index in [0.717, 1.165) is 18.2 Å². The molecular weight excluding hydrogens is 368 g/mol. The van der Waals surface area contributed by atoms with Gasteiger partial charge in [-0.15, -0.1) is 0 Å². The van der Waals surface area contributed by atoms with Gasteiger partial charge in [0.1, 0.15) is 23.3 Å². The highest BCUT2D eigenvalue weighted by molar-refractivity contribution is 7.89. The summed E-state index contributed by atoms with van der Waals surface area (Å²) >= 11 is 0. The summed E-state index contributed by atoms with van der Waals surface area (Å²) in [6.07, 6.45) is 0. The van der Waals surface area contributed by atoms with Crippen LogP contribution in [0.25, 0.3) is 0 Å². The first-order valence-corrected chi connectivity index (χ1v) is 9.44. The minimum absolute atomic E-state index is 0.367. The van der Waals surface area contributed by atoms with Gasteiger partial charge in [0.25, 0.3) is 0 Å². The lowest BCUT2D eigenvalue weighted by Crippen LogP contribution is -2.48. The van der Waals surface area contributed by atoms with Crippen LogP contribution in [0.1, 0.15) is 41.5 Å². The molecule has 1 N–H and O–H groups in total. The molecule has 6 nitrogen and oxygen atoms in total. The molecule has 0 amide bonds. The SMILES string of the molecule is CC(C)(C)OCC(NS(=O)(=O)c1c(F)cccc1F)C(=O)OC(C)(C)C. The molecular formula is C17H25F2NO5S. The lowest BCUT2D eigenvalue weighted by molar-refractivity contribution is -0.159. The number of esters is 1. The molecule has 26 heavy (non-hydrogen) atoms. The maximum atomic E-state index is 13.8. The Morgan fingerprint density at radius 1 is 1.08 bits per heavy atom. The summed E-state index contributed by atoms with van der Waals surface area (Å²) in [5.74, 6) is -3.45. The van der Waals surface area contributed by atoms with Gasteiger partial charge in [0, 0.05) is 0 Å². The number of ether oxygens (including phenoxy) is 2. The lowest BCUT2D eigenvalue weighted by Gasteiger charge is -2.27. The van der Waals surface area contributed by atoms with Gasteiger partial charge in [-0.25, -0.2) is 17.2 Å². The Labute approximate surface area is 152 Å². The van der Waals surface area contributed by atoms with E-state index in [1.165, 1.54) is 0 Å². The second-order valence-electron chi connectivity index (χ2n) is 7.68. The fourth-order valence-electron chi connectivity index (χ4n) is 1.84. The molecule has 1 rings (SSSR count). The molecule has 0 aliphatic heterocycles. The van der Waals surface area contributed by atoms with Gasteiger partial charge in [0.05, 0.1) is 12.2 Å². The molecule has 0 saturated heterocycles. The van der Waals surface area contributed by atoms with Gasteiger partial charge in [-0.3, -0.25) is 4.79 Å². The maximum Gasteiger partial charge on any atom is 0.327 e. The molecule has 0 fully saturated rings. The third-order valence-corrected chi connectivity index (χ3v) is 4.38. The third-order valence-electron chi connectivity index (χ3n) is 2.86. The van der Waals surface area contributed by atoms with Crippen LogP contribution in [0.2, 0.25) is 0 Å². The van der Waals surface area contributed by atoms with Crippen molar-refractivity contribution in [2.75, 3.05) is 6.61 Å². The van der Waals surface area contributed by atoms with Crippen molar-refractivity contribution in [3.8, 4) is 0 Å². The van der Waals surface area contributed by atoms with E-state index in [1.807, 2.05) is 4.72 Å². The standard InChI is InChI=1S/C17H25F2NO5S/c1-16(2,3)24-10-13(15(21)25-17(4,5)6)20-26(22,23)14-11(18)8-7-9-12(14)19/h7-9,13,20H,10H2,1-6H3. The molecule has 0 radical (unpaired) electrons. The van der Waals surface area contributed by atoms with Crippen molar-refractivity contribution in [3.63, 3.8) is 0 Å². The van der Waals surface area contributed by atoms with Crippen LogP contribution in [0.5, 0.6) is 0 Å². The molecule has 148 valence electrons. The van der Waals surface area contributed by atoms with Gasteiger partial charge in [0.2, 0.25) is 10.0 Å². The second-order valence-corrected chi connectivity index (χ2v) is 9.33. The van der Waals surface area contributed by atoms with Crippen LogP contribution in [-0.4, -0.2) is 38.2 Å². The topological polar surface area (TPSA) is 81.7 Å². The average molecular weight is 393 g/mol. The Kier molecular flexibility index (Phi) is 6.89. The highest BCUT2D eigenvalue weighted by atomic mass is 32.2. The van der Waals surface area contributed by atoms with Crippen LogP contribution in [0.3, 0.4) is 0 Å². The number of halogens is 2. The number of rotatable bonds is 6. The molecule has 0 bridgehead atoms. The van der Waals surface area contributed by atoms with E-state index in [2.05, 4.69) is 0 Å². The van der Waals surface area contributed by atoms with Crippen molar-refractivity contribution in [2.45, 2.75) is 63.7 Å². The zero-order valence-corrected chi connectivity index (χ0v) is 16.5. The van der Waals surface area contributed by atoms with Crippen LogP contribution in [-0.2, 0) is 24.3 Å². The zero-order chi connectivity index (χ0) is 20.3. The van der Waals surface area contributed by atoms with Gasteiger partial charge in [-0.1, -0.05) is 6.07 Å². The van der Waals surface area contributed by atoms with Crippen LogP contribution in [0, 0.1) is 11.6 Å². The first kappa shape index (κ1) is 22.5. The number of hydrogen-bond donors (Lipinski definition) is 1. The minimum atomic E-state index is -4.67. The van der Waals surface area contributed by atoms with Gasteiger partial charge in [0.15, 0.2) is 4.90 Å². The zero-order valence-electron chi connectivity index (χ0n) is 15.7. The van der Waals surface area contributed by atoms with Crippen LogP contribution in [0.15, 0.2) is 23.1 Å². The number of sulfonamides is 1. The quantitative estimate of drug-likeness (QED) is 0.752. The Morgan fingerprint density at radius 3 is 2.00 bits per heavy atom. The fraction of sp³-hybridized carbons (Fsp3) is 0.588. The lowest BCUT2D eigenvalue weighted by atomic mass is 10.2. The van der Waals surface area contributed by atoms with Crippen LogP contribution in [0.4, 0.5) is 8.78 Å². The molecule has 0 aliphatic carbocycles. The smallest absolute Gasteiger partial charge is 0.327 e. The van der Waals surface area contributed by atoms with Crippen molar-refractivity contribution in [2.24, 2.45) is 0 Å². The van der Waals surface area contributed by atoms with E-state index >= 15 is 0 Å². The summed E-state index contributed by atoms with van der Waals surface area (Å²) in [6, 6.07) is 1.19. The Hall–Kier alpha value is -1.58. The summed E-state index contributed by atoms with van der Waals surface area (Å²) in [5.41, 5.74) is -1.55. The Morgan fingerprint density at radius 2 is 1.58 bits per heavy atom. The molecule has 0 saturated carbocycles. The molecule has 0 heterocycles. The number of nitrogens with one attached hydrogen (secondary N) is 1.